The summed E-state index contributed by atoms with van der Waals surface area (Å²) in [6, 6.07) is -0.845. The molecule has 0 aromatic carbocycles. The van der Waals surface area contributed by atoms with E-state index in [4.69, 9.17) is 5.73 Å². The summed E-state index contributed by atoms with van der Waals surface area (Å²) in [7, 11) is 0. The molecule has 7 nitrogen and oxygen atoms in total. The lowest BCUT2D eigenvalue weighted by molar-refractivity contribution is -0.130. The average Bonchev–Trinajstić information content (AvgIpc) is 2.86. The van der Waals surface area contributed by atoms with Crippen LogP contribution in [-0.4, -0.2) is 42.9 Å². The fourth-order valence-electron chi connectivity index (χ4n) is 1.83. The van der Waals surface area contributed by atoms with Crippen LogP contribution in [0.2, 0.25) is 0 Å². The molecule has 1 rings (SSSR count). The molecule has 2 atom stereocenters. The number of hydrogen-bond acceptors (Lipinski definition) is 4. The fourth-order valence-corrected chi connectivity index (χ4v) is 1.83. The molecule has 1 aliphatic heterocycles. The van der Waals surface area contributed by atoms with Crippen molar-refractivity contribution in [1.82, 2.24) is 16.0 Å². The zero-order valence-electron chi connectivity index (χ0n) is 10.5. The van der Waals surface area contributed by atoms with E-state index < -0.39 is 11.9 Å². The number of nitrogens with two attached hydrogens (primary N) is 1. The third-order valence-corrected chi connectivity index (χ3v) is 2.85. The van der Waals surface area contributed by atoms with E-state index in [9.17, 15) is 14.4 Å². The number of primary amides is 1. The molecule has 7 heteroatoms. The zero-order valence-corrected chi connectivity index (χ0v) is 10.5. The number of rotatable bonds is 6. The maximum atomic E-state index is 11.8. The molecular weight excluding hydrogens is 236 g/mol. The molecular formula is C11H20N4O3. The molecule has 0 radical (unpaired) electrons. The Kier molecular flexibility index (Phi) is 5.57. The number of nitrogens with one attached hydrogen (secondary N) is 3. The van der Waals surface area contributed by atoms with Crippen molar-refractivity contribution in [3.63, 3.8) is 0 Å². The highest BCUT2D eigenvalue weighted by Crippen LogP contribution is 2.05. The molecule has 5 N–H and O–H groups in total. The van der Waals surface area contributed by atoms with E-state index >= 15 is 0 Å². The smallest absolute Gasteiger partial charge is 0.243 e. The first-order valence-corrected chi connectivity index (χ1v) is 6.14. The van der Waals surface area contributed by atoms with Gasteiger partial charge in [0.15, 0.2) is 0 Å². The highest BCUT2D eigenvalue weighted by molar-refractivity contribution is 5.91. The number of carbonyl (C=O) groups is 3. The fraction of sp³-hybridized carbons (Fsp3) is 0.727. The maximum Gasteiger partial charge on any atom is 0.243 e. The van der Waals surface area contributed by atoms with Gasteiger partial charge in [0.25, 0.3) is 0 Å². The van der Waals surface area contributed by atoms with Crippen LogP contribution in [0.1, 0.15) is 26.2 Å². The summed E-state index contributed by atoms with van der Waals surface area (Å²) in [5, 5.41) is 8.10. The van der Waals surface area contributed by atoms with Crippen LogP contribution in [0.3, 0.4) is 0 Å². The van der Waals surface area contributed by atoms with Gasteiger partial charge in [-0.1, -0.05) is 6.92 Å². The summed E-state index contributed by atoms with van der Waals surface area (Å²) in [4.78, 5) is 34.0. The molecule has 0 aromatic heterocycles. The Bertz CT molecular complexity index is 326. The van der Waals surface area contributed by atoms with Crippen molar-refractivity contribution < 1.29 is 14.4 Å². The van der Waals surface area contributed by atoms with Crippen LogP contribution < -0.4 is 21.7 Å². The van der Waals surface area contributed by atoms with Crippen LogP contribution in [-0.2, 0) is 14.4 Å². The molecule has 0 bridgehead atoms. The van der Waals surface area contributed by atoms with E-state index in [0.717, 1.165) is 19.4 Å². The van der Waals surface area contributed by atoms with Crippen LogP contribution in [0.15, 0.2) is 0 Å². The number of carbonyl (C=O) groups excluding carboxylic acids is 3. The molecule has 102 valence electrons. The number of hydrogen-bond donors (Lipinski definition) is 4. The van der Waals surface area contributed by atoms with E-state index in [2.05, 4.69) is 16.0 Å². The Hall–Kier alpha value is -1.63. The Morgan fingerprint density at radius 3 is 2.67 bits per heavy atom. The second kappa shape index (κ2) is 6.95. The van der Waals surface area contributed by atoms with Gasteiger partial charge in [-0.25, -0.2) is 0 Å². The van der Waals surface area contributed by atoms with Crippen molar-refractivity contribution in [3.05, 3.63) is 0 Å². The standard InChI is InChI=1S/C11H20N4O3/c1-2-7(10(17)14-6-9(12)16)15-11(18)8-4-3-5-13-8/h7-8,13H,2-6H2,1H3,(H2,12,16)(H,14,17)(H,15,18)/t7-,8-/m0/s1. The van der Waals surface area contributed by atoms with Gasteiger partial charge in [-0.15, -0.1) is 0 Å². The topological polar surface area (TPSA) is 113 Å². The van der Waals surface area contributed by atoms with Gasteiger partial charge in [-0.3, -0.25) is 14.4 Å². The molecule has 0 aromatic rings. The molecule has 1 fully saturated rings. The van der Waals surface area contributed by atoms with Gasteiger partial charge in [-0.05, 0) is 25.8 Å². The summed E-state index contributed by atoms with van der Waals surface area (Å²) in [5.74, 6) is -1.17. The van der Waals surface area contributed by atoms with Crippen LogP contribution in [0.5, 0.6) is 0 Å². The minimum Gasteiger partial charge on any atom is -0.368 e. The molecule has 0 aliphatic carbocycles. The summed E-state index contributed by atoms with van der Waals surface area (Å²) in [5.41, 5.74) is 4.93. The third kappa shape index (κ3) is 4.33. The van der Waals surface area contributed by atoms with Crippen LogP contribution in [0, 0.1) is 0 Å². The molecule has 1 aliphatic rings. The molecule has 0 unspecified atom stereocenters. The Morgan fingerprint density at radius 1 is 1.44 bits per heavy atom. The lowest BCUT2D eigenvalue weighted by Gasteiger charge is -2.18. The first kappa shape index (κ1) is 14.4. The van der Waals surface area contributed by atoms with Crippen molar-refractivity contribution >= 4 is 17.7 Å². The van der Waals surface area contributed by atoms with E-state index in [0.29, 0.717) is 6.42 Å². The van der Waals surface area contributed by atoms with Gasteiger partial charge >= 0.3 is 0 Å². The van der Waals surface area contributed by atoms with Crippen LogP contribution in [0.4, 0.5) is 0 Å². The van der Waals surface area contributed by atoms with Gasteiger partial charge in [-0.2, -0.15) is 0 Å². The molecule has 1 heterocycles. The van der Waals surface area contributed by atoms with Crippen LogP contribution >= 0.6 is 0 Å². The average molecular weight is 256 g/mol. The molecule has 0 spiro atoms. The quantitative estimate of drug-likeness (QED) is 0.450. The molecule has 3 amide bonds. The van der Waals surface area contributed by atoms with Gasteiger partial charge in [0.1, 0.15) is 6.04 Å². The normalized spacial score (nSPS) is 20.2. The van der Waals surface area contributed by atoms with E-state index in [1.807, 2.05) is 0 Å². The van der Waals surface area contributed by atoms with Crippen molar-refractivity contribution in [3.8, 4) is 0 Å². The molecule has 1 saturated heterocycles. The first-order valence-electron chi connectivity index (χ1n) is 6.14. The minimum absolute atomic E-state index is 0.173. The second-order valence-electron chi connectivity index (χ2n) is 4.30. The Labute approximate surface area is 106 Å². The summed E-state index contributed by atoms with van der Waals surface area (Å²) < 4.78 is 0. The Balaban J connectivity index is 2.42. The lowest BCUT2D eigenvalue weighted by atomic mass is 10.1. The highest BCUT2D eigenvalue weighted by atomic mass is 16.2. The van der Waals surface area contributed by atoms with E-state index in [1.165, 1.54) is 0 Å². The predicted octanol–water partition coefficient (Wildman–Crippen LogP) is -1.77. The van der Waals surface area contributed by atoms with E-state index in [1.54, 1.807) is 6.92 Å². The zero-order chi connectivity index (χ0) is 13.5. The second-order valence-corrected chi connectivity index (χ2v) is 4.30. The summed E-state index contributed by atoms with van der Waals surface area (Å²) >= 11 is 0. The van der Waals surface area contributed by atoms with Crippen molar-refractivity contribution in [2.45, 2.75) is 38.3 Å². The van der Waals surface area contributed by atoms with Crippen molar-refractivity contribution in [2.75, 3.05) is 13.1 Å². The van der Waals surface area contributed by atoms with Gasteiger partial charge in [0.05, 0.1) is 12.6 Å². The minimum atomic E-state index is -0.626. The predicted molar refractivity (Wildman–Crippen MR) is 65.5 cm³/mol. The molecule has 0 saturated carbocycles. The largest absolute Gasteiger partial charge is 0.368 e. The SMILES string of the molecule is CC[C@H](NC(=O)[C@@H]1CCCN1)C(=O)NCC(N)=O. The van der Waals surface area contributed by atoms with Crippen molar-refractivity contribution in [1.29, 1.82) is 0 Å². The maximum absolute atomic E-state index is 11.8. The Morgan fingerprint density at radius 2 is 2.17 bits per heavy atom. The third-order valence-electron chi connectivity index (χ3n) is 2.85. The van der Waals surface area contributed by atoms with Crippen molar-refractivity contribution in [2.24, 2.45) is 5.73 Å². The summed E-state index contributed by atoms with van der Waals surface area (Å²) in [6.07, 6.45) is 2.21. The van der Waals surface area contributed by atoms with E-state index in [-0.39, 0.29) is 24.4 Å². The van der Waals surface area contributed by atoms with Gasteiger partial charge in [0.2, 0.25) is 17.7 Å². The summed E-state index contributed by atoms with van der Waals surface area (Å²) in [6.45, 7) is 2.40. The highest BCUT2D eigenvalue weighted by Gasteiger charge is 2.26. The van der Waals surface area contributed by atoms with Gasteiger partial charge < -0.3 is 21.7 Å². The van der Waals surface area contributed by atoms with Gasteiger partial charge in [0, 0.05) is 0 Å². The van der Waals surface area contributed by atoms with Crippen LogP contribution in [0.25, 0.3) is 0 Å². The molecule has 18 heavy (non-hydrogen) atoms. The number of amides is 3. The lowest BCUT2D eigenvalue weighted by Crippen LogP contribution is -2.52. The monoisotopic (exact) mass is 256 g/mol. The first-order chi connectivity index (χ1) is 8.54.